The van der Waals surface area contributed by atoms with Gasteiger partial charge >= 0.3 is 0 Å². The summed E-state index contributed by atoms with van der Waals surface area (Å²) in [7, 11) is 1.91. The fraction of sp³-hybridized carbons (Fsp3) is 0.611. The minimum atomic E-state index is -0.0186. The number of hydrogen-bond donors (Lipinski definition) is 2. The number of ether oxygens (including phenoxy) is 1. The molecule has 0 heterocycles. The van der Waals surface area contributed by atoms with Gasteiger partial charge in [-0.15, -0.1) is 12.4 Å². The average molecular weight is 341 g/mol. The van der Waals surface area contributed by atoms with Crippen molar-refractivity contribution in [1.82, 2.24) is 10.6 Å². The lowest BCUT2D eigenvalue weighted by Crippen LogP contribution is -2.26. The lowest BCUT2D eigenvalue weighted by atomic mass is 9.90. The quantitative estimate of drug-likeness (QED) is 0.713. The summed E-state index contributed by atoms with van der Waals surface area (Å²) >= 11 is 0. The SMILES string of the molecule is CNCCCNC(=O)c1ccc(OCC2CCCCC2)cc1.Cl. The summed E-state index contributed by atoms with van der Waals surface area (Å²) in [6.07, 6.45) is 7.54. The number of halogens is 1. The van der Waals surface area contributed by atoms with E-state index >= 15 is 0 Å². The third-order valence-electron chi connectivity index (χ3n) is 4.22. The molecule has 1 amide bonds. The average Bonchev–Trinajstić information content (AvgIpc) is 2.58. The zero-order valence-corrected chi connectivity index (χ0v) is 14.8. The van der Waals surface area contributed by atoms with E-state index in [2.05, 4.69) is 10.6 Å². The fourth-order valence-electron chi connectivity index (χ4n) is 2.84. The maximum Gasteiger partial charge on any atom is 0.251 e. The molecule has 1 aromatic rings. The number of benzene rings is 1. The highest BCUT2D eigenvalue weighted by atomic mass is 35.5. The predicted molar refractivity (Wildman–Crippen MR) is 96.6 cm³/mol. The van der Waals surface area contributed by atoms with Crippen LogP contribution in [-0.2, 0) is 0 Å². The smallest absolute Gasteiger partial charge is 0.251 e. The molecule has 0 radical (unpaired) electrons. The van der Waals surface area contributed by atoms with Gasteiger partial charge in [0.15, 0.2) is 0 Å². The summed E-state index contributed by atoms with van der Waals surface area (Å²) in [6.45, 7) is 2.41. The van der Waals surface area contributed by atoms with Crippen molar-refractivity contribution in [3.05, 3.63) is 29.8 Å². The Morgan fingerprint density at radius 2 is 1.83 bits per heavy atom. The zero-order valence-electron chi connectivity index (χ0n) is 14.0. The van der Waals surface area contributed by atoms with Crippen LogP contribution in [0.1, 0.15) is 48.9 Å². The van der Waals surface area contributed by atoms with E-state index in [9.17, 15) is 4.79 Å². The van der Waals surface area contributed by atoms with Crippen molar-refractivity contribution >= 4 is 18.3 Å². The minimum Gasteiger partial charge on any atom is -0.493 e. The van der Waals surface area contributed by atoms with E-state index in [0.717, 1.165) is 25.3 Å². The topological polar surface area (TPSA) is 50.4 Å². The standard InChI is InChI=1S/C18H28N2O2.ClH/c1-19-12-5-13-20-18(21)16-8-10-17(11-9-16)22-14-15-6-3-2-4-7-15;/h8-11,15,19H,2-7,12-14H2,1H3,(H,20,21);1H. The van der Waals surface area contributed by atoms with E-state index in [4.69, 9.17) is 4.74 Å². The zero-order chi connectivity index (χ0) is 15.6. The van der Waals surface area contributed by atoms with Gasteiger partial charge in [-0.05, 0) is 63.0 Å². The molecule has 0 saturated heterocycles. The van der Waals surface area contributed by atoms with E-state index in [1.54, 1.807) is 0 Å². The maximum atomic E-state index is 12.0. The van der Waals surface area contributed by atoms with Gasteiger partial charge in [-0.25, -0.2) is 0 Å². The Hall–Kier alpha value is -1.26. The Morgan fingerprint density at radius 3 is 2.48 bits per heavy atom. The number of nitrogens with one attached hydrogen (secondary N) is 2. The third kappa shape index (κ3) is 7.23. The Labute approximate surface area is 145 Å². The summed E-state index contributed by atoms with van der Waals surface area (Å²) < 4.78 is 5.85. The molecular weight excluding hydrogens is 312 g/mol. The molecule has 0 bridgehead atoms. The van der Waals surface area contributed by atoms with Crippen LogP contribution in [0.25, 0.3) is 0 Å². The van der Waals surface area contributed by atoms with Crippen molar-refractivity contribution in [1.29, 1.82) is 0 Å². The Balaban J connectivity index is 0.00000264. The second-order valence-corrected chi connectivity index (χ2v) is 6.05. The summed E-state index contributed by atoms with van der Waals surface area (Å²) in [5.41, 5.74) is 0.689. The predicted octanol–water partition coefficient (Wildman–Crippen LogP) is 3.41. The van der Waals surface area contributed by atoms with Gasteiger partial charge in [0.1, 0.15) is 5.75 Å². The summed E-state index contributed by atoms with van der Waals surface area (Å²) in [5, 5.41) is 5.98. The first kappa shape index (κ1) is 19.8. The molecule has 1 fully saturated rings. The van der Waals surface area contributed by atoms with Crippen LogP contribution in [0.5, 0.6) is 5.75 Å². The normalized spacial score (nSPS) is 14.8. The highest BCUT2D eigenvalue weighted by molar-refractivity contribution is 5.94. The van der Waals surface area contributed by atoms with Crippen LogP contribution in [0.15, 0.2) is 24.3 Å². The lowest BCUT2D eigenvalue weighted by molar-refractivity contribution is 0.0953. The molecule has 0 spiro atoms. The molecule has 5 heteroatoms. The summed E-state index contributed by atoms with van der Waals surface area (Å²) in [6, 6.07) is 7.46. The van der Waals surface area contributed by atoms with E-state index in [1.807, 2.05) is 31.3 Å². The number of rotatable bonds is 8. The molecule has 0 unspecified atom stereocenters. The number of carbonyl (C=O) groups is 1. The van der Waals surface area contributed by atoms with Crippen LogP contribution >= 0.6 is 12.4 Å². The molecule has 2 N–H and O–H groups in total. The second-order valence-electron chi connectivity index (χ2n) is 6.05. The van der Waals surface area contributed by atoms with Crippen molar-refractivity contribution in [3.63, 3.8) is 0 Å². The molecule has 0 aliphatic heterocycles. The maximum absolute atomic E-state index is 12.0. The molecule has 1 aliphatic rings. The van der Waals surface area contributed by atoms with Crippen LogP contribution in [0, 0.1) is 5.92 Å². The largest absolute Gasteiger partial charge is 0.493 e. The highest BCUT2D eigenvalue weighted by Crippen LogP contribution is 2.24. The summed E-state index contributed by atoms with van der Waals surface area (Å²) in [5.74, 6) is 1.54. The third-order valence-corrected chi connectivity index (χ3v) is 4.22. The van der Waals surface area contributed by atoms with Crippen molar-refractivity contribution < 1.29 is 9.53 Å². The van der Waals surface area contributed by atoms with Gasteiger partial charge in [0.25, 0.3) is 5.91 Å². The number of amides is 1. The molecule has 4 nitrogen and oxygen atoms in total. The van der Waals surface area contributed by atoms with Crippen LogP contribution in [0.2, 0.25) is 0 Å². The Kier molecular flexibility index (Phi) is 9.72. The van der Waals surface area contributed by atoms with Crippen molar-refractivity contribution in [2.24, 2.45) is 5.92 Å². The minimum absolute atomic E-state index is 0. The van der Waals surface area contributed by atoms with Crippen molar-refractivity contribution in [3.8, 4) is 5.75 Å². The van der Waals surface area contributed by atoms with E-state index in [1.165, 1.54) is 32.1 Å². The lowest BCUT2D eigenvalue weighted by Gasteiger charge is -2.21. The van der Waals surface area contributed by atoms with E-state index in [0.29, 0.717) is 18.0 Å². The van der Waals surface area contributed by atoms with Gasteiger partial charge in [0.2, 0.25) is 0 Å². The van der Waals surface area contributed by atoms with E-state index in [-0.39, 0.29) is 18.3 Å². The first-order valence-corrected chi connectivity index (χ1v) is 8.45. The number of carbonyl (C=O) groups excluding carboxylic acids is 1. The van der Waals surface area contributed by atoms with Crippen LogP contribution < -0.4 is 15.4 Å². The van der Waals surface area contributed by atoms with Gasteiger partial charge in [0, 0.05) is 12.1 Å². The van der Waals surface area contributed by atoms with Crippen molar-refractivity contribution in [2.75, 3.05) is 26.7 Å². The first-order chi connectivity index (χ1) is 10.8. The monoisotopic (exact) mass is 340 g/mol. The fourth-order valence-corrected chi connectivity index (χ4v) is 2.84. The van der Waals surface area contributed by atoms with Crippen LogP contribution in [0.4, 0.5) is 0 Å². The molecule has 1 aromatic carbocycles. The van der Waals surface area contributed by atoms with Gasteiger partial charge in [-0.2, -0.15) is 0 Å². The molecule has 130 valence electrons. The van der Waals surface area contributed by atoms with Gasteiger partial charge in [-0.1, -0.05) is 19.3 Å². The molecule has 0 aromatic heterocycles. The van der Waals surface area contributed by atoms with Crippen LogP contribution in [-0.4, -0.2) is 32.7 Å². The van der Waals surface area contributed by atoms with Crippen molar-refractivity contribution in [2.45, 2.75) is 38.5 Å². The van der Waals surface area contributed by atoms with E-state index < -0.39 is 0 Å². The Bertz CT molecular complexity index is 445. The first-order valence-electron chi connectivity index (χ1n) is 8.45. The van der Waals surface area contributed by atoms with Gasteiger partial charge in [-0.3, -0.25) is 4.79 Å². The molecule has 1 saturated carbocycles. The molecule has 23 heavy (non-hydrogen) atoms. The molecular formula is C18H29ClN2O2. The summed E-state index contributed by atoms with van der Waals surface area (Å²) in [4.78, 5) is 12.0. The molecule has 2 rings (SSSR count). The van der Waals surface area contributed by atoms with Gasteiger partial charge in [0.05, 0.1) is 6.61 Å². The van der Waals surface area contributed by atoms with Gasteiger partial charge < -0.3 is 15.4 Å². The number of hydrogen-bond acceptors (Lipinski definition) is 3. The Morgan fingerprint density at radius 1 is 1.13 bits per heavy atom. The highest BCUT2D eigenvalue weighted by Gasteiger charge is 2.14. The van der Waals surface area contributed by atoms with Crippen LogP contribution in [0.3, 0.4) is 0 Å². The molecule has 0 atom stereocenters. The second kappa shape index (κ2) is 11.3. The molecule has 1 aliphatic carbocycles.